The van der Waals surface area contributed by atoms with Crippen molar-refractivity contribution >= 4 is 27.5 Å². The molecule has 0 aliphatic rings. The van der Waals surface area contributed by atoms with Crippen LogP contribution in [0.4, 0.5) is 4.39 Å². The van der Waals surface area contributed by atoms with E-state index in [9.17, 15) is 14.0 Å². The number of hydrogen-bond donors (Lipinski definition) is 1. The highest BCUT2D eigenvalue weighted by Gasteiger charge is 2.24. The molecule has 1 atom stereocenters. The monoisotopic (exact) mass is 373 g/mol. The number of aromatic nitrogens is 2. The standard InChI is InChI=1S/C19H20FN3O2S/c1-3-12-10-13-18(26-12)22-16(9-11-7-5-6-8-14(11)20)23(19(13)25)15(4-2)17(21)24/h5-8,10,15H,3-4,9H2,1-2H3,(H2,21,24). The van der Waals surface area contributed by atoms with Crippen LogP contribution in [-0.2, 0) is 17.6 Å². The summed E-state index contributed by atoms with van der Waals surface area (Å²) in [5.74, 6) is -0.625. The lowest BCUT2D eigenvalue weighted by Crippen LogP contribution is -2.36. The summed E-state index contributed by atoms with van der Waals surface area (Å²) in [7, 11) is 0. The maximum atomic E-state index is 14.1. The van der Waals surface area contributed by atoms with E-state index in [0.29, 0.717) is 28.0 Å². The lowest BCUT2D eigenvalue weighted by atomic mass is 10.1. The Morgan fingerprint density at radius 3 is 2.69 bits per heavy atom. The number of fused-ring (bicyclic) bond motifs is 1. The molecule has 0 aliphatic heterocycles. The predicted octanol–water partition coefficient (Wildman–Crippen LogP) is 3.19. The minimum Gasteiger partial charge on any atom is -0.368 e. The summed E-state index contributed by atoms with van der Waals surface area (Å²) in [5, 5.41) is 0.476. The van der Waals surface area contributed by atoms with Crippen molar-refractivity contribution in [1.82, 2.24) is 9.55 Å². The van der Waals surface area contributed by atoms with Gasteiger partial charge in [0.25, 0.3) is 5.56 Å². The van der Waals surface area contributed by atoms with Crippen LogP contribution in [0.2, 0.25) is 0 Å². The zero-order valence-corrected chi connectivity index (χ0v) is 15.5. The number of hydrogen-bond acceptors (Lipinski definition) is 4. The second-order valence-corrected chi connectivity index (χ2v) is 7.20. The molecule has 2 N–H and O–H groups in total. The van der Waals surface area contributed by atoms with Crippen molar-refractivity contribution in [3.63, 3.8) is 0 Å². The number of benzene rings is 1. The van der Waals surface area contributed by atoms with Gasteiger partial charge in [-0.2, -0.15) is 0 Å². The van der Waals surface area contributed by atoms with Crippen LogP contribution in [0, 0.1) is 5.82 Å². The molecule has 26 heavy (non-hydrogen) atoms. The van der Waals surface area contributed by atoms with Gasteiger partial charge in [0.1, 0.15) is 22.5 Å². The van der Waals surface area contributed by atoms with Gasteiger partial charge in [0.2, 0.25) is 5.91 Å². The van der Waals surface area contributed by atoms with E-state index >= 15 is 0 Å². The van der Waals surface area contributed by atoms with Crippen LogP contribution < -0.4 is 11.3 Å². The number of amides is 1. The van der Waals surface area contributed by atoms with Crippen molar-refractivity contribution in [2.75, 3.05) is 0 Å². The fraction of sp³-hybridized carbons (Fsp3) is 0.316. The molecule has 3 rings (SSSR count). The summed E-state index contributed by atoms with van der Waals surface area (Å²) in [5.41, 5.74) is 5.63. The molecule has 0 saturated heterocycles. The highest BCUT2D eigenvalue weighted by atomic mass is 32.1. The zero-order valence-electron chi connectivity index (χ0n) is 14.7. The van der Waals surface area contributed by atoms with E-state index in [0.717, 1.165) is 11.3 Å². The molecule has 0 spiro atoms. The maximum absolute atomic E-state index is 14.1. The lowest BCUT2D eigenvalue weighted by Gasteiger charge is -2.19. The van der Waals surface area contributed by atoms with E-state index in [4.69, 9.17) is 5.73 Å². The van der Waals surface area contributed by atoms with Crippen molar-refractivity contribution in [3.8, 4) is 0 Å². The van der Waals surface area contributed by atoms with E-state index < -0.39 is 11.9 Å². The van der Waals surface area contributed by atoms with Crippen molar-refractivity contribution in [1.29, 1.82) is 0 Å². The first-order chi connectivity index (χ1) is 12.5. The predicted molar refractivity (Wildman–Crippen MR) is 101 cm³/mol. The summed E-state index contributed by atoms with van der Waals surface area (Å²) < 4.78 is 15.5. The summed E-state index contributed by atoms with van der Waals surface area (Å²) in [6.07, 6.45) is 1.26. The normalized spacial score (nSPS) is 12.4. The van der Waals surface area contributed by atoms with Gasteiger partial charge in [-0.05, 0) is 30.5 Å². The first-order valence-electron chi connectivity index (χ1n) is 8.52. The number of carbonyl (C=O) groups is 1. The Hall–Kier alpha value is -2.54. The molecule has 1 aromatic carbocycles. The molecule has 136 valence electrons. The van der Waals surface area contributed by atoms with Gasteiger partial charge in [-0.3, -0.25) is 14.2 Å². The number of carbonyl (C=O) groups excluding carboxylic acids is 1. The SMILES string of the molecule is CCc1cc2c(=O)n(C(CC)C(N)=O)c(Cc3ccccc3F)nc2s1. The molecule has 2 heterocycles. The van der Waals surface area contributed by atoms with Crippen molar-refractivity contribution in [3.05, 3.63) is 62.8 Å². The molecule has 0 fully saturated rings. The molecular formula is C19H20FN3O2S. The minimum absolute atomic E-state index is 0.112. The van der Waals surface area contributed by atoms with E-state index in [2.05, 4.69) is 4.98 Å². The fourth-order valence-corrected chi connectivity index (χ4v) is 4.01. The fourth-order valence-electron chi connectivity index (χ4n) is 3.03. The van der Waals surface area contributed by atoms with Gasteiger partial charge in [0.05, 0.1) is 5.39 Å². The van der Waals surface area contributed by atoms with Gasteiger partial charge >= 0.3 is 0 Å². The zero-order chi connectivity index (χ0) is 18.8. The molecule has 0 aliphatic carbocycles. The molecule has 0 radical (unpaired) electrons. The molecule has 0 bridgehead atoms. The Morgan fingerprint density at radius 1 is 1.35 bits per heavy atom. The average Bonchev–Trinajstić information content (AvgIpc) is 3.03. The maximum Gasteiger partial charge on any atom is 0.263 e. The Morgan fingerprint density at radius 2 is 2.08 bits per heavy atom. The summed E-state index contributed by atoms with van der Waals surface area (Å²) in [6, 6.07) is 7.34. The Bertz CT molecular complexity index is 1030. The quantitative estimate of drug-likeness (QED) is 0.721. The molecule has 7 heteroatoms. The third kappa shape index (κ3) is 3.26. The number of halogens is 1. The Labute approximate surface area is 154 Å². The van der Waals surface area contributed by atoms with Crippen LogP contribution >= 0.6 is 11.3 Å². The molecule has 0 saturated carbocycles. The summed E-state index contributed by atoms with van der Waals surface area (Å²) in [6.45, 7) is 3.78. The van der Waals surface area contributed by atoms with Crippen LogP contribution in [0.25, 0.3) is 10.2 Å². The molecule has 2 aromatic heterocycles. The van der Waals surface area contributed by atoms with Crippen LogP contribution in [0.15, 0.2) is 35.1 Å². The van der Waals surface area contributed by atoms with Gasteiger partial charge < -0.3 is 5.73 Å². The Kier molecular flexibility index (Phi) is 5.18. The van der Waals surface area contributed by atoms with Crippen LogP contribution in [0.5, 0.6) is 0 Å². The van der Waals surface area contributed by atoms with Gasteiger partial charge in [-0.15, -0.1) is 11.3 Å². The van der Waals surface area contributed by atoms with Crippen molar-refractivity contribution < 1.29 is 9.18 Å². The van der Waals surface area contributed by atoms with Gasteiger partial charge in [0, 0.05) is 11.3 Å². The largest absolute Gasteiger partial charge is 0.368 e. The van der Waals surface area contributed by atoms with Gasteiger partial charge in [0.15, 0.2) is 0 Å². The topological polar surface area (TPSA) is 78.0 Å². The minimum atomic E-state index is -0.814. The molecule has 1 amide bonds. The molecule has 1 unspecified atom stereocenters. The number of thiophene rings is 1. The molecule has 5 nitrogen and oxygen atoms in total. The highest BCUT2D eigenvalue weighted by Crippen LogP contribution is 2.25. The number of rotatable bonds is 6. The van der Waals surface area contributed by atoms with Gasteiger partial charge in [-0.25, -0.2) is 9.37 Å². The van der Waals surface area contributed by atoms with E-state index in [1.807, 2.05) is 13.0 Å². The second kappa shape index (κ2) is 7.37. The summed E-state index contributed by atoms with van der Waals surface area (Å²) in [4.78, 5) is 31.2. The van der Waals surface area contributed by atoms with Crippen molar-refractivity contribution in [2.24, 2.45) is 5.73 Å². The smallest absolute Gasteiger partial charge is 0.263 e. The number of aryl methyl sites for hydroxylation is 1. The highest BCUT2D eigenvalue weighted by molar-refractivity contribution is 7.18. The Balaban J connectivity index is 2.26. The summed E-state index contributed by atoms with van der Waals surface area (Å²) >= 11 is 1.44. The first kappa shape index (κ1) is 18.3. The van der Waals surface area contributed by atoms with Crippen molar-refractivity contribution in [2.45, 2.75) is 39.2 Å². The number of nitrogens with zero attached hydrogens (tertiary/aromatic N) is 2. The average molecular weight is 373 g/mol. The molecule has 3 aromatic rings. The molecular weight excluding hydrogens is 353 g/mol. The number of primary amides is 1. The second-order valence-electron chi connectivity index (χ2n) is 6.08. The van der Waals surface area contributed by atoms with Gasteiger partial charge in [-0.1, -0.05) is 32.0 Å². The third-order valence-electron chi connectivity index (χ3n) is 4.40. The van der Waals surface area contributed by atoms with E-state index in [1.54, 1.807) is 25.1 Å². The van der Waals surface area contributed by atoms with E-state index in [-0.39, 0.29) is 17.8 Å². The van der Waals surface area contributed by atoms with E-state index in [1.165, 1.54) is 22.0 Å². The number of nitrogens with two attached hydrogens (primary N) is 1. The first-order valence-corrected chi connectivity index (χ1v) is 9.34. The van der Waals surface area contributed by atoms with Crippen LogP contribution in [0.1, 0.15) is 42.6 Å². The van der Waals surface area contributed by atoms with Crippen LogP contribution in [0.3, 0.4) is 0 Å². The lowest BCUT2D eigenvalue weighted by molar-refractivity contribution is -0.121. The van der Waals surface area contributed by atoms with Crippen LogP contribution in [-0.4, -0.2) is 15.5 Å². The third-order valence-corrected chi connectivity index (χ3v) is 5.58.